The number of hydrogen-bond donors (Lipinski definition) is 1. The molecule has 2 rings (SSSR count). The van der Waals surface area contributed by atoms with Crippen molar-refractivity contribution in [3.8, 4) is 0 Å². The third-order valence-corrected chi connectivity index (χ3v) is 4.73. The highest BCUT2D eigenvalue weighted by Gasteiger charge is 2.35. The molecule has 1 N–H and O–H groups in total. The van der Waals surface area contributed by atoms with E-state index in [0.717, 1.165) is 36.1 Å². The van der Waals surface area contributed by atoms with Gasteiger partial charge < -0.3 is 10.0 Å². The molecule has 21 heavy (non-hydrogen) atoms. The molecule has 4 nitrogen and oxygen atoms in total. The van der Waals surface area contributed by atoms with Crippen molar-refractivity contribution in [3.63, 3.8) is 0 Å². The number of hydrogen-bond acceptors (Lipinski definition) is 3. The fourth-order valence-electron chi connectivity index (χ4n) is 3.12. The zero-order valence-corrected chi connectivity index (χ0v) is 13.1. The Morgan fingerprint density at radius 3 is 2.71 bits per heavy atom. The predicted molar refractivity (Wildman–Crippen MR) is 85.5 cm³/mol. The Bertz CT molecular complexity index is 548. The highest BCUT2D eigenvalue weighted by atomic mass is 16.4. The second-order valence-corrected chi connectivity index (χ2v) is 5.96. The molecule has 0 bridgehead atoms. The largest absolute Gasteiger partial charge is 0.478 e. The summed E-state index contributed by atoms with van der Waals surface area (Å²) in [5.74, 6) is 0.0956. The van der Waals surface area contributed by atoms with E-state index in [9.17, 15) is 4.79 Å². The molecule has 114 valence electrons. The fraction of sp³-hybridized carbons (Fsp3) is 0.529. The minimum Gasteiger partial charge on any atom is -0.478 e. The Labute approximate surface area is 126 Å². The van der Waals surface area contributed by atoms with Crippen LogP contribution in [0.25, 0.3) is 6.08 Å². The third kappa shape index (κ3) is 3.43. The number of carbonyl (C=O) groups is 1. The highest BCUT2D eigenvalue weighted by molar-refractivity contribution is 5.85. The van der Waals surface area contributed by atoms with Crippen LogP contribution in [0.5, 0.6) is 0 Å². The van der Waals surface area contributed by atoms with Gasteiger partial charge in [-0.2, -0.15) is 0 Å². The fourth-order valence-corrected chi connectivity index (χ4v) is 3.12. The first-order valence-electron chi connectivity index (χ1n) is 7.62. The van der Waals surface area contributed by atoms with E-state index in [-0.39, 0.29) is 0 Å². The molecule has 1 saturated heterocycles. The number of anilines is 1. The van der Waals surface area contributed by atoms with Gasteiger partial charge in [-0.15, -0.1) is 0 Å². The molecule has 4 heteroatoms. The monoisotopic (exact) mass is 288 g/mol. The van der Waals surface area contributed by atoms with E-state index in [1.54, 1.807) is 12.3 Å². The maximum atomic E-state index is 10.6. The summed E-state index contributed by atoms with van der Waals surface area (Å²) in [5, 5.41) is 8.67. The van der Waals surface area contributed by atoms with Crippen LogP contribution in [0.2, 0.25) is 0 Å². The number of carboxylic acids is 1. The first-order valence-corrected chi connectivity index (χ1v) is 7.62. The Hall–Kier alpha value is -1.84. The Kier molecular flexibility index (Phi) is 4.66. The molecule has 0 unspecified atom stereocenters. The lowest BCUT2D eigenvalue weighted by Gasteiger charge is -2.27. The quantitative estimate of drug-likeness (QED) is 0.842. The van der Waals surface area contributed by atoms with Crippen molar-refractivity contribution in [3.05, 3.63) is 29.5 Å². The van der Waals surface area contributed by atoms with Crippen molar-refractivity contribution in [1.29, 1.82) is 0 Å². The Morgan fingerprint density at radius 1 is 1.48 bits per heavy atom. The van der Waals surface area contributed by atoms with E-state index in [2.05, 4.69) is 23.7 Å². The summed E-state index contributed by atoms with van der Waals surface area (Å²) in [6, 6.07) is 2.00. The third-order valence-electron chi connectivity index (χ3n) is 4.73. The van der Waals surface area contributed by atoms with Crippen molar-refractivity contribution in [2.75, 3.05) is 18.0 Å². The standard InChI is InChI=1S/C17H24N2O2/c1-4-17(5-2)8-9-19(12-17)16-13(3)10-14(11-18-16)6-7-15(20)21/h6-7,10-11H,4-5,8-9,12H2,1-3H3,(H,20,21)/b7-6+. The first kappa shape index (κ1) is 15.5. The van der Waals surface area contributed by atoms with Gasteiger partial charge in [0.05, 0.1) is 0 Å². The molecule has 0 saturated carbocycles. The van der Waals surface area contributed by atoms with Gasteiger partial charge in [0.15, 0.2) is 0 Å². The van der Waals surface area contributed by atoms with Crippen molar-refractivity contribution in [2.24, 2.45) is 5.41 Å². The lowest BCUT2D eigenvalue weighted by Crippen LogP contribution is -2.27. The summed E-state index contributed by atoms with van der Waals surface area (Å²) in [7, 11) is 0. The van der Waals surface area contributed by atoms with Gasteiger partial charge in [0.1, 0.15) is 5.82 Å². The van der Waals surface area contributed by atoms with Crippen LogP contribution in [0, 0.1) is 12.3 Å². The van der Waals surface area contributed by atoms with Gasteiger partial charge in [-0.25, -0.2) is 9.78 Å². The van der Waals surface area contributed by atoms with Gasteiger partial charge in [0.25, 0.3) is 0 Å². The molecule has 1 fully saturated rings. The van der Waals surface area contributed by atoms with Crippen LogP contribution in [0.15, 0.2) is 18.3 Å². The lowest BCUT2D eigenvalue weighted by atomic mass is 9.82. The molecule has 0 amide bonds. The van der Waals surface area contributed by atoms with E-state index < -0.39 is 5.97 Å². The number of rotatable bonds is 5. The second-order valence-electron chi connectivity index (χ2n) is 5.96. The van der Waals surface area contributed by atoms with Crippen molar-refractivity contribution >= 4 is 17.9 Å². The maximum absolute atomic E-state index is 10.6. The highest BCUT2D eigenvalue weighted by Crippen LogP contribution is 2.39. The number of pyridine rings is 1. The molecule has 1 aliphatic heterocycles. The van der Waals surface area contributed by atoms with Crippen LogP contribution in [-0.2, 0) is 4.79 Å². The van der Waals surface area contributed by atoms with Crippen molar-refractivity contribution < 1.29 is 9.90 Å². The molecule has 1 aliphatic rings. The summed E-state index contributed by atoms with van der Waals surface area (Å²) >= 11 is 0. The minimum absolute atomic E-state index is 0.427. The van der Waals surface area contributed by atoms with E-state index in [1.807, 2.05) is 13.0 Å². The van der Waals surface area contributed by atoms with Crippen LogP contribution in [0.4, 0.5) is 5.82 Å². The van der Waals surface area contributed by atoms with Crippen LogP contribution in [-0.4, -0.2) is 29.1 Å². The van der Waals surface area contributed by atoms with Crippen LogP contribution in [0.3, 0.4) is 0 Å². The van der Waals surface area contributed by atoms with E-state index in [1.165, 1.54) is 19.3 Å². The Balaban J connectivity index is 2.17. The van der Waals surface area contributed by atoms with Crippen LogP contribution >= 0.6 is 0 Å². The van der Waals surface area contributed by atoms with Crippen molar-refractivity contribution in [1.82, 2.24) is 4.98 Å². The smallest absolute Gasteiger partial charge is 0.328 e. The van der Waals surface area contributed by atoms with Gasteiger partial charge in [-0.05, 0) is 54.9 Å². The zero-order chi connectivity index (χ0) is 15.5. The lowest BCUT2D eigenvalue weighted by molar-refractivity contribution is -0.131. The second kappa shape index (κ2) is 6.29. The van der Waals surface area contributed by atoms with Crippen LogP contribution < -0.4 is 4.90 Å². The van der Waals surface area contributed by atoms with E-state index in [4.69, 9.17) is 5.11 Å². The number of aliphatic carboxylic acids is 1. The molecule has 0 atom stereocenters. The average molecular weight is 288 g/mol. The number of aryl methyl sites for hydroxylation is 1. The molecule has 1 aromatic rings. The average Bonchev–Trinajstić information content (AvgIpc) is 2.90. The number of nitrogens with zero attached hydrogens (tertiary/aromatic N) is 2. The number of carboxylic acid groups (broad SMARTS) is 1. The summed E-state index contributed by atoms with van der Waals surface area (Å²) in [5.41, 5.74) is 2.36. The normalized spacial score (nSPS) is 17.6. The van der Waals surface area contributed by atoms with Gasteiger partial charge in [0, 0.05) is 25.4 Å². The van der Waals surface area contributed by atoms with E-state index in [0.29, 0.717) is 5.41 Å². The molecular formula is C17H24N2O2. The summed E-state index contributed by atoms with van der Waals surface area (Å²) in [6.07, 6.45) is 8.11. The molecule has 0 spiro atoms. The molecular weight excluding hydrogens is 264 g/mol. The topological polar surface area (TPSA) is 53.4 Å². The summed E-state index contributed by atoms with van der Waals surface area (Å²) in [6.45, 7) is 8.70. The van der Waals surface area contributed by atoms with Gasteiger partial charge in [-0.3, -0.25) is 0 Å². The predicted octanol–water partition coefficient (Wildman–Crippen LogP) is 3.50. The number of aromatic nitrogens is 1. The first-order chi connectivity index (χ1) is 9.99. The van der Waals surface area contributed by atoms with Gasteiger partial charge in [0.2, 0.25) is 0 Å². The SMILES string of the molecule is CCC1(CC)CCN(c2ncc(/C=C/C(=O)O)cc2C)C1. The Morgan fingerprint density at radius 2 is 2.19 bits per heavy atom. The van der Waals surface area contributed by atoms with Gasteiger partial charge >= 0.3 is 5.97 Å². The zero-order valence-electron chi connectivity index (χ0n) is 13.1. The summed E-state index contributed by atoms with van der Waals surface area (Å²) in [4.78, 5) is 17.5. The minimum atomic E-state index is -0.938. The maximum Gasteiger partial charge on any atom is 0.328 e. The molecule has 0 radical (unpaired) electrons. The van der Waals surface area contributed by atoms with Gasteiger partial charge in [-0.1, -0.05) is 13.8 Å². The molecule has 2 heterocycles. The molecule has 0 aliphatic carbocycles. The molecule has 0 aromatic carbocycles. The van der Waals surface area contributed by atoms with Crippen molar-refractivity contribution in [2.45, 2.75) is 40.0 Å². The summed E-state index contributed by atoms with van der Waals surface area (Å²) < 4.78 is 0. The van der Waals surface area contributed by atoms with Crippen LogP contribution in [0.1, 0.15) is 44.2 Å². The molecule has 1 aromatic heterocycles. The van der Waals surface area contributed by atoms with E-state index >= 15 is 0 Å².